The van der Waals surface area contributed by atoms with Crippen molar-refractivity contribution in [2.75, 3.05) is 30.0 Å². The lowest BCUT2D eigenvalue weighted by molar-refractivity contribution is -0.122. The van der Waals surface area contributed by atoms with Gasteiger partial charge >= 0.3 is 0 Å². The number of nitrogens with two attached hydrogens (primary N) is 1. The van der Waals surface area contributed by atoms with Gasteiger partial charge in [-0.1, -0.05) is 23.2 Å². The van der Waals surface area contributed by atoms with E-state index >= 15 is 0 Å². The third kappa shape index (κ3) is 6.06. The van der Waals surface area contributed by atoms with Gasteiger partial charge in [0.1, 0.15) is 11.3 Å². The molecule has 5 rings (SSSR count). The lowest BCUT2D eigenvalue weighted by atomic mass is 9.85. The molecule has 1 aliphatic heterocycles. The summed E-state index contributed by atoms with van der Waals surface area (Å²) in [7, 11) is -3.22. The molecule has 0 bridgehead atoms. The number of primary amides is 1. The molecule has 3 heterocycles. The number of amides is 1. The number of hydrogen-bond acceptors (Lipinski definition) is 8. The van der Waals surface area contributed by atoms with Gasteiger partial charge in [0, 0.05) is 31.1 Å². The summed E-state index contributed by atoms with van der Waals surface area (Å²) in [6.07, 6.45) is 6.69. The van der Waals surface area contributed by atoms with Gasteiger partial charge in [0.05, 0.1) is 28.2 Å². The van der Waals surface area contributed by atoms with E-state index in [1.54, 1.807) is 6.20 Å². The fourth-order valence-electron chi connectivity index (χ4n) is 5.30. The largest absolute Gasteiger partial charge is 0.369 e. The maximum atomic E-state index is 13.8. The highest BCUT2D eigenvalue weighted by molar-refractivity contribution is 7.88. The minimum absolute atomic E-state index is 0.0113. The summed E-state index contributed by atoms with van der Waals surface area (Å²) in [5.41, 5.74) is 6.95. The number of nitrogens with one attached hydrogen (secondary N) is 2. The van der Waals surface area contributed by atoms with Crippen LogP contribution in [0.15, 0.2) is 18.3 Å². The van der Waals surface area contributed by atoms with E-state index in [4.69, 9.17) is 33.9 Å². The van der Waals surface area contributed by atoms with Crippen LogP contribution in [0.5, 0.6) is 0 Å². The molecular formula is C24H29Cl2FN8O3S. The molecule has 15 heteroatoms. The van der Waals surface area contributed by atoms with E-state index in [2.05, 4.69) is 20.6 Å². The number of benzene rings is 1. The Bertz CT molecular complexity index is 1480. The zero-order valence-corrected chi connectivity index (χ0v) is 23.5. The van der Waals surface area contributed by atoms with Crippen LogP contribution in [0.3, 0.4) is 0 Å². The van der Waals surface area contributed by atoms with E-state index in [0.29, 0.717) is 80.4 Å². The number of halogens is 3. The summed E-state index contributed by atoms with van der Waals surface area (Å²) in [5.74, 6) is -0.230. The van der Waals surface area contributed by atoms with Crippen molar-refractivity contribution in [3.05, 3.63) is 34.2 Å². The van der Waals surface area contributed by atoms with Crippen LogP contribution in [0.4, 0.5) is 22.0 Å². The summed E-state index contributed by atoms with van der Waals surface area (Å²) in [4.78, 5) is 25.6. The Morgan fingerprint density at radius 3 is 2.31 bits per heavy atom. The van der Waals surface area contributed by atoms with Crippen LogP contribution in [0.25, 0.3) is 11.2 Å². The Hall–Kier alpha value is -2.74. The van der Waals surface area contributed by atoms with Gasteiger partial charge in [-0.15, -0.1) is 0 Å². The first-order valence-electron chi connectivity index (χ1n) is 12.7. The molecule has 2 fully saturated rings. The molecule has 3 aromatic rings. The number of anilines is 3. The SMILES string of the molecule is CS(=O)(=O)N1CCC(Nc2ncc3nc(Nc4c(Cl)cc(F)cc4Cl)n(C4CCC(C(N)=O)CC4)c3n2)CC1. The fraction of sp³-hybridized carbons (Fsp3) is 0.500. The highest BCUT2D eigenvalue weighted by atomic mass is 35.5. The standard InChI is InChI=1S/C24H29Cl2FN8O3S/c1-39(37,38)34-8-6-15(7-9-34)30-23-29-12-19-22(33-23)35(16-4-2-13(3-5-16)21(28)36)24(31-19)32-20-17(25)10-14(27)11-18(20)26/h10-13,15-16H,2-9H2,1H3,(H2,28,36)(H,31,32)(H,29,30,33). The van der Waals surface area contributed by atoms with E-state index < -0.39 is 15.8 Å². The molecule has 1 saturated carbocycles. The average molecular weight is 600 g/mol. The molecule has 1 amide bonds. The Labute approximate surface area is 235 Å². The van der Waals surface area contributed by atoms with Crippen molar-refractivity contribution >= 4 is 67.9 Å². The maximum absolute atomic E-state index is 13.8. The van der Waals surface area contributed by atoms with Crippen LogP contribution < -0.4 is 16.4 Å². The highest BCUT2D eigenvalue weighted by Crippen LogP contribution is 2.39. The number of fused-ring (bicyclic) bond motifs is 1. The predicted octanol–water partition coefficient (Wildman–Crippen LogP) is 4.07. The van der Waals surface area contributed by atoms with Gasteiger partial charge in [-0.2, -0.15) is 4.98 Å². The van der Waals surface area contributed by atoms with Crippen molar-refractivity contribution in [1.82, 2.24) is 23.8 Å². The topological polar surface area (TPSA) is 148 Å². The minimum atomic E-state index is -3.22. The Morgan fingerprint density at radius 2 is 1.72 bits per heavy atom. The van der Waals surface area contributed by atoms with Crippen molar-refractivity contribution in [2.24, 2.45) is 11.7 Å². The normalized spacial score (nSPS) is 21.2. The molecule has 2 aromatic heterocycles. The van der Waals surface area contributed by atoms with Crippen LogP contribution in [-0.4, -0.2) is 63.5 Å². The quantitative estimate of drug-likeness (QED) is 0.368. The van der Waals surface area contributed by atoms with E-state index in [0.717, 1.165) is 12.1 Å². The molecule has 0 atom stereocenters. The second-order valence-corrected chi connectivity index (χ2v) is 12.9. The van der Waals surface area contributed by atoms with E-state index in [1.165, 1.54) is 10.6 Å². The van der Waals surface area contributed by atoms with Gasteiger partial charge in [-0.3, -0.25) is 9.36 Å². The van der Waals surface area contributed by atoms with Gasteiger partial charge in [0.2, 0.25) is 27.8 Å². The van der Waals surface area contributed by atoms with Gasteiger partial charge in [0.15, 0.2) is 5.65 Å². The van der Waals surface area contributed by atoms with E-state index in [-0.39, 0.29) is 34.0 Å². The van der Waals surface area contributed by atoms with Crippen LogP contribution >= 0.6 is 23.2 Å². The zero-order chi connectivity index (χ0) is 27.9. The van der Waals surface area contributed by atoms with E-state index in [1.807, 2.05) is 4.57 Å². The molecule has 210 valence electrons. The summed E-state index contributed by atoms with van der Waals surface area (Å²) in [6.45, 7) is 0.847. The van der Waals surface area contributed by atoms with Crippen LogP contribution in [0.2, 0.25) is 10.0 Å². The van der Waals surface area contributed by atoms with E-state index in [9.17, 15) is 17.6 Å². The summed E-state index contributed by atoms with van der Waals surface area (Å²) >= 11 is 12.6. The highest BCUT2D eigenvalue weighted by Gasteiger charge is 2.30. The van der Waals surface area contributed by atoms with Crippen molar-refractivity contribution in [3.63, 3.8) is 0 Å². The van der Waals surface area contributed by atoms with Crippen LogP contribution in [0.1, 0.15) is 44.6 Å². The van der Waals surface area contributed by atoms with Crippen molar-refractivity contribution in [3.8, 4) is 0 Å². The molecule has 0 radical (unpaired) electrons. The number of nitrogens with zero attached hydrogens (tertiary/aromatic N) is 5. The third-order valence-corrected chi connectivity index (χ3v) is 9.30. The lowest BCUT2D eigenvalue weighted by Gasteiger charge is -2.30. The first kappa shape index (κ1) is 27.8. The number of rotatable bonds is 7. The number of carbonyl (C=O) groups is 1. The number of imidazole rings is 1. The van der Waals surface area contributed by atoms with Crippen LogP contribution in [0, 0.1) is 11.7 Å². The van der Waals surface area contributed by atoms with Gasteiger partial charge < -0.3 is 16.4 Å². The summed E-state index contributed by atoms with van der Waals surface area (Å²) in [5, 5.41) is 6.69. The molecule has 11 nitrogen and oxygen atoms in total. The fourth-order valence-corrected chi connectivity index (χ4v) is 6.73. The molecular weight excluding hydrogens is 570 g/mol. The summed E-state index contributed by atoms with van der Waals surface area (Å²) in [6, 6.07) is 2.29. The Kier molecular flexibility index (Phi) is 7.86. The molecule has 39 heavy (non-hydrogen) atoms. The smallest absolute Gasteiger partial charge is 0.224 e. The lowest BCUT2D eigenvalue weighted by Crippen LogP contribution is -2.42. The minimum Gasteiger partial charge on any atom is -0.369 e. The average Bonchev–Trinajstić information content (AvgIpc) is 3.23. The monoisotopic (exact) mass is 598 g/mol. The van der Waals surface area contributed by atoms with Gasteiger partial charge in [-0.25, -0.2) is 27.1 Å². The second-order valence-electron chi connectivity index (χ2n) is 10.1. The van der Waals surface area contributed by atoms with Gasteiger partial charge in [0.25, 0.3) is 0 Å². The number of sulfonamides is 1. The molecule has 4 N–H and O–H groups in total. The van der Waals surface area contributed by atoms with Crippen molar-refractivity contribution in [1.29, 1.82) is 0 Å². The van der Waals surface area contributed by atoms with Crippen molar-refractivity contribution in [2.45, 2.75) is 50.6 Å². The second kappa shape index (κ2) is 11.0. The zero-order valence-electron chi connectivity index (χ0n) is 21.2. The predicted molar refractivity (Wildman–Crippen MR) is 148 cm³/mol. The Balaban J connectivity index is 1.46. The first-order chi connectivity index (χ1) is 18.5. The molecule has 2 aliphatic rings. The van der Waals surface area contributed by atoms with Gasteiger partial charge in [-0.05, 0) is 50.7 Å². The number of aromatic nitrogens is 4. The molecule has 0 spiro atoms. The van der Waals surface area contributed by atoms with Crippen LogP contribution in [-0.2, 0) is 14.8 Å². The first-order valence-corrected chi connectivity index (χ1v) is 15.3. The molecule has 0 unspecified atom stereocenters. The molecule has 1 aliphatic carbocycles. The number of hydrogen-bond donors (Lipinski definition) is 3. The third-order valence-electron chi connectivity index (χ3n) is 7.40. The summed E-state index contributed by atoms with van der Waals surface area (Å²) < 4.78 is 40.9. The molecule has 1 aromatic carbocycles. The maximum Gasteiger partial charge on any atom is 0.224 e. The molecule has 1 saturated heterocycles. The van der Waals surface area contributed by atoms with Crippen molar-refractivity contribution < 1.29 is 17.6 Å². The number of carbonyl (C=O) groups excluding carboxylic acids is 1. The Morgan fingerprint density at radius 1 is 1.08 bits per heavy atom. The number of piperidine rings is 1.